The fraction of sp³-hybridized carbons (Fsp3) is 0.389. The van der Waals surface area contributed by atoms with Gasteiger partial charge < -0.3 is 14.1 Å². The van der Waals surface area contributed by atoms with Gasteiger partial charge in [-0.15, -0.1) is 0 Å². The van der Waals surface area contributed by atoms with E-state index >= 15 is 0 Å². The number of fused-ring (bicyclic) bond motifs is 1. The third-order valence-electron chi connectivity index (χ3n) is 4.76. The number of morpholine rings is 1. The Morgan fingerprint density at radius 3 is 2.96 bits per heavy atom. The first-order valence-corrected chi connectivity index (χ1v) is 8.62. The molecule has 2 saturated heterocycles. The van der Waals surface area contributed by atoms with Crippen LogP contribution in [0, 0.1) is 5.82 Å². The van der Waals surface area contributed by atoms with Crippen molar-refractivity contribution in [2.24, 2.45) is 0 Å². The lowest BCUT2D eigenvalue weighted by atomic mass is 10.1. The van der Waals surface area contributed by atoms with Crippen molar-refractivity contribution in [2.45, 2.75) is 18.7 Å². The molecular formula is C18H18ClFN2O3. The van der Waals surface area contributed by atoms with E-state index in [-0.39, 0.29) is 23.1 Å². The minimum Gasteiger partial charge on any atom is -0.459 e. The highest BCUT2D eigenvalue weighted by atomic mass is 35.5. The van der Waals surface area contributed by atoms with Crippen molar-refractivity contribution >= 4 is 17.5 Å². The van der Waals surface area contributed by atoms with Gasteiger partial charge in [0, 0.05) is 26.2 Å². The molecular weight excluding hydrogens is 347 g/mol. The van der Waals surface area contributed by atoms with E-state index < -0.39 is 5.82 Å². The molecule has 2 aliphatic heterocycles. The maximum Gasteiger partial charge on any atom is 0.290 e. The van der Waals surface area contributed by atoms with Crippen molar-refractivity contribution in [1.29, 1.82) is 0 Å². The van der Waals surface area contributed by atoms with Gasteiger partial charge in [-0.3, -0.25) is 9.69 Å². The van der Waals surface area contributed by atoms with Crippen molar-refractivity contribution in [3.8, 4) is 0 Å². The summed E-state index contributed by atoms with van der Waals surface area (Å²) in [6, 6.07) is 8.20. The van der Waals surface area contributed by atoms with Crippen LogP contribution in [0.3, 0.4) is 0 Å². The molecule has 132 valence electrons. The second kappa shape index (κ2) is 6.78. The van der Waals surface area contributed by atoms with Crippen molar-refractivity contribution in [3.05, 3.63) is 58.8 Å². The number of furan rings is 1. The highest BCUT2D eigenvalue weighted by Gasteiger charge is 2.42. The summed E-state index contributed by atoms with van der Waals surface area (Å²) in [6.07, 6.45) is 1.46. The predicted molar refractivity (Wildman–Crippen MR) is 90.0 cm³/mol. The summed E-state index contributed by atoms with van der Waals surface area (Å²) in [5, 5.41) is 0.123. The molecule has 25 heavy (non-hydrogen) atoms. The van der Waals surface area contributed by atoms with Gasteiger partial charge in [0.2, 0.25) is 0 Å². The molecule has 3 heterocycles. The minimum absolute atomic E-state index is 0.0245. The average Bonchev–Trinajstić information content (AvgIpc) is 3.26. The largest absolute Gasteiger partial charge is 0.459 e. The Balaban J connectivity index is 1.47. The maximum absolute atomic E-state index is 13.6. The zero-order valence-corrected chi connectivity index (χ0v) is 14.3. The SMILES string of the molecule is O=C(c1ccco1)N1CCO[C@@H]2CN(Cc3ccc(Cl)c(F)c3)C[C@@H]21. The number of nitrogens with zero attached hydrogens (tertiary/aromatic N) is 2. The van der Waals surface area contributed by atoms with E-state index in [9.17, 15) is 9.18 Å². The molecule has 0 N–H and O–H groups in total. The highest BCUT2D eigenvalue weighted by molar-refractivity contribution is 6.30. The van der Waals surface area contributed by atoms with E-state index in [4.69, 9.17) is 20.8 Å². The molecule has 2 aliphatic rings. The lowest BCUT2D eigenvalue weighted by Gasteiger charge is -2.36. The normalized spacial score (nSPS) is 23.7. The van der Waals surface area contributed by atoms with Crippen LogP contribution in [0.5, 0.6) is 0 Å². The number of halogens is 2. The van der Waals surface area contributed by atoms with Crippen molar-refractivity contribution in [1.82, 2.24) is 9.80 Å². The molecule has 0 unspecified atom stereocenters. The summed E-state index contributed by atoms with van der Waals surface area (Å²) >= 11 is 5.74. The second-order valence-electron chi connectivity index (χ2n) is 6.39. The van der Waals surface area contributed by atoms with Crippen molar-refractivity contribution in [2.75, 3.05) is 26.2 Å². The standard InChI is InChI=1S/C18H18ClFN2O3/c19-13-4-3-12(8-14(13)20)9-21-10-15-17(11-21)25-7-5-22(15)18(23)16-2-1-6-24-16/h1-4,6,8,15,17H,5,7,9-11H2/t15-,17+/m0/s1. The molecule has 0 spiro atoms. The molecule has 1 aromatic heterocycles. The molecule has 0 bridgehead atoms. The van der Waals surface area contributed by atoms with E-state index in [2.05, 4.69) is 4.90 Å². The quantitative estimate of drug-likeness (QED) is 0.840. The Morgan fingerprint density at radius 2 is 2.20 bits per heavy atom. The number of amides is 1. The number of hydrogen-bond donors (Lipinski definition) is 0. The van der Waals surface area contributed by atoms with Gasteiger partial charge in [-0.2, -0.15) is 0 Å². The van der Waals surface area contributed by atoms with E-state index in [0.29, 0.717) is 38.5 Å². The van der Waals surface area contributed by atoms with Gasteiger partial charge in [-0.1, -0.05) is 17.7 Å². The molecule has 7 heteroatoms. The van der Waals surface area contributed by atoms with Crippen LogP contribution in [-0.2, 0) is 11.3 Å². The van der Waals surface area contributed by atoms with Gasteiger partial charge >= 0.3 is 0 Å². The Kier molecular flexibility index (Phi) is 4.50. The molecule has 0 saturated carbocycles. The monoisotopic (exact) mass is 364 g/mol. The number of likely N-dealkylation sites (tertiary alicyclic amines) is 1. The summed E-state index contributed by atoms with van der Waals surface area (Å²) in [5.41, 5.74) is 0.851. The van der Waals surface area contributed by atoms with Gasteiger partial charge in [0.15, 0.2) is 5.76 Å². The van der Waals surface area contributed by atoms with Crippen LogP contribution in [0.1, 0.15) is 16.1 Å². The number of benzene rings is 1. The third kappa shape index (κ3) is 3.29. The number of ether oxygens (including phenoxy) is 1. The van der Waals surface area contributed by atoms with Crippen LogP contribution >= 0.6 is 11.6 Å². The lowest BCUT2D eigenvalue weighted by molar-refractivity contribution is -0.0380. The van der Waals surface area contributed by atoms with E-state index in [1.54, 1.807) is 18.2 Å². The second-order valence-corrected chi connectivity index (χ2v) is 6.80. The predicted octanol–water partition coefficient (Wildman–Crippen LogP) is 2.80. The molecule has 1 amide bonds. The average molecular weight is 365 g/mol. The van der Waals surface area contributed by atoms with Gasteiger partial charge in [-0.05, 0) is 29.8 Å². The smallest absolute Gasteiger partial charge is 0.290 e. The van der Waals surface area contributed by atoms with Gasteiger partial charge in [0.25, 0.3) is 5.91 Å². The van der Waals surface area contributed by atoms with Crippen LogP contribution in [0.4, 0.5) is 4.39 Å². The highest BCUT2D eigenvalue weighted by Crippen LogP contribution is 2.26. The van der Waals surface area contributed by atoms with Crippen LogP contribution < -0.4 is 0 Å². The molecule has 0 aliphatic carbocycles. The fourth-order valence-corrected chi connectivity index (χ4v) is 3.70. The van der Waals surface area contributed by atoms with E-state index in [1.165, 1.54) is 12.3 Å². The summed E-state index contributed by atoms with van der Waals surface area (Å²) in [5.74, 6) is -0.178. The number of carbonyl (C=O) groups is 1. The lowest BCUT2D eigenvalue weighted by Crippen LogP contribution is -2.53. The summed E-state index contributed by atoms with van der Waals surface area (Å²) in [7, 11) is 0. The van der Waals surface area contributed by atoms with Gasteiger partial charge in [0.05, 0.1) is 30.0 Å². The first-order valence-electron chi connectivity index (χ1n) is 8.24. The Morgan fingerprint density at radius 1 is 1.32 bits per heavy atom. The third-order valence-corrected chi connectivity index (χ3v) is 5.07. The van der Waals surface area contributed by atoms with E-state index in [0.717, 1.165) is 5.56 Å². The molecule has 2 atom stereocenters. The first-order chi connectivity index (χ1) is 12.1. The first kappa shape index (κ1) is 16.6. The summed E-state index contributed by atoms with van der Waals surface area (Å²) in [6.45, 7) is 3.03. The van der Waals surface area contributed by atoms with Gasteiger partial charge in [0.1, 0.15) is 5.82 Å². The minimum atomic E-state index is -0.415. The molecule has 0 radical (unpaired) electrons. The molecule has 2 fully saturated rings. The number of carbonyl (C=O) groups excluding carboxylic acids is 1. The van der Waals surface area contributed by atoms with Crippen LogP contribution in [0.2, 0.25) is 5.02 Å². The summed E-state index contributed by atoms with van der Waals surface area (Å²) in [4.78, 5) is 16.6. The molecule has 5 nitrogen and oxygen atoms in total. The summed E-state index contributed by atoms with van der Waals surface area (Å²) < 4.78 is 24.7. The van der Waals surface area contributed by atoms with Crippen molar-refractivity contribution < 1.29 is 18.3 Å². The zero-order valence-electron chi connectivity index (χ0n) is 13.5. The Bertz CT molecular complexity index is 768. The van der Waals surface area contributed by atoms with Crippen LogP contribution in [0.15, 0.2) is 41.0 Å². The van der Waals surface area contributed by atoms with Crippen LogP contribution in [-0.4, -0.2) is 54.1 Å². The molecule has 4 rings (SSSR count). The molecule has 2 aromatic rings. The Hall–Kier alpha value is -1.89. The molecule has 1 aromatic carbocycles. The van der Waals surface area contributed by atoms with Crippen molar-refractivity contribution in [3.63, 3.8) is 0 Å². The topological polar surface area (TPSA) is 45.9 Å². The number of hydrogen-bond acceptors (Lipinski definition) is 4. The number of rotatable bonds is 3. The van der Waals surface area contributed by atoms with Gasteiger partial charge in [-0.25, -0.2) is 4.39 Å². The maximum atomic E-state index is 13.6. The fourth-order valence-electron chi connectivity index (χ4n) is 3.58. The Labute approximate surface area is 149 Å². The zero-order chi connectivity index (χ0) is 17.4. The van der Waals surface area contributed by atoms with Crippen LogP contribution in [0.25, 0.3) is 0 Å². The van der Waals surface area contributed by atoms with E-state index in [1.807, 2.05) is 11.0 Å².